The predicted octanol–water partition coefficient (Wildman–Crippen LogP) is 3.36. The van der Waals surface area contributed by atoms with Gasteiger partial charge in [-0.1, -0.05) is 0 Å². The minimum absolute atomic E-state index is 0.780. The van der Waals surface area contributed by atoms with Crippen molar-refractivity contribution < 1.29 is 0 Å². The summed E-state index contributed by atoms with van der Waals surface area (Å²) >= 11 is 3.32. The van der Waals surface area contributed by atoms with E-state index in [4.69, 9.17) is 0 Å². The Morgan fingerprint density at radius 2 is 2.19 bits per heavy atom. The number of fused-ring (bicyclic) bond motifs is 1. The summed E-state index contributed by atoms with van der Waals surface area (Å²) in [6.07, 6.45) is 1.83. The molecular formula is C11H9N3S2. The van der Waals surface area contributed by atoms with E-state index in [1.165, 1.54) is 4.70 Å². The highest BCUT2D eigenvalue weighted by Gasteiger charge is 1.99. The molecule has 0 aliphatic rings. The average Bonchev–Trinajstić information content (AvgIpc) is 2.97. The molecular weight excluding hydrogens is 238 g/mol. The predicted molar refractivity (Wildman–Crippen MR) is 69.1 cm³/mol. The summed E-state index contributed by atoms with van der Waals surface area (Å²) in [5, 5.41) is 6.45. The van der Waals surface area contributed by atoms with Gasteiger partial charge in [-0.25, -0.2) is 9.97 Å². The van der Waals surface area contributed by atoms with Crippen molar-refractivity contribution in [2.75, 3.05) is 5.32 Å². The first-order valence-corrected chi connectivity index (χ1v) is 6.63. The van der Waals surface area contributed by atoms with E-state index >= 15 is 0 Å². The van der Waals surface area contributed by atoms with Crippen molar-refractivity contribution in [3.05, 3.63) is 40.3 Å². The number of aromatic nitrogens is 2. The molecule has 1 N–H and O–H groups in total. The second kappa shape index (κ2) is 4.19. The van der Waals surface area contributed by atoms with Gasteiger partial charge >= 0.3 is 0 Å². The molecule has 0 radical (unpaired) electrons. The van der Waals surface area contributed by atoms with Gasteiger partial charge in [0.1, 0.15) is 5.01 Å². The van der Waals surface area contributed by atoms with Crippen molar-refractivity contribution in [3.63, 3.8) is 0 Å². The summed E-state index contributed by atoms with van der Waals surface area (Å²) in [5.74, 6) is 0. The van der Waals surface area contributed by atoms with E-state index in [1.54, 1.807) is 22.7 Å². The van der Waals surface area contributed by atoms with E-state index in [0.717, 1.165) is 22.8 Å². The maximum absolute atomic E-state index is 4.25. The largest absolute Gasteiger partial charge is 0.378 e. The van der Waals surface area contributed by atoms with Crippen LogP contribution < -0.4 is 5.32 Å². The standard InChI is InChI=1S/C11H9N3S2/c1-2-9-10(16-7-14-9)5-8(1)13-6-11-12-3-4-15-11/h1-5,7,13H,6H2. The fraction of sp³-hybridized carbons (Fsp3) is 0.0909. The van der Waals surface area contributed by atoms with Crippen molar-refractivity contribution in [2.45, 2.75) is 6.54 Å². The molecule has 16 heavy (non-hydrogen) atoms. The Labute approximate surface area is 101 Å². The number of anilines is 1. The molecule has 0 spiro atoms. The third-order valence-electron chi connectivity index (χ3n) is 2.26. The summed E-state index contributed by atoms with van der Waals surface area (Å²) in [5.41, 5.74) is 4.05. The van der Waals surface area contributed by atoms with Crippen LogP contribution in [0.5, 0.6) is 0 Å². The van der Waals surface area contributed by atoms with Gasteiger partial charge in [-0.15, -0.1) is 22.7 Å². The van der Waals surface area contributed by atoms with Crippen molar-refractivity contribution in [1.29, 1.82) is 0 Å². The Morgan fingerprint density at radius 3 is 3.06 bits per heavy atom. The van der Waals surface area contributed by atoms with Crippen molar-refractivity contribution in [2.24, 2.45) is 0 Å². The minimum Gasteiger partial charge on any atom is -0.378 e. The molecule has 2 heterocycles. The zero-order valence-electron chi connectivity index (χ0n) is 8.38. The highest BCUT2D eigenvalue weighted by molar-refractivity contribution is 7.16. The Hall–Kier alpha value is -1.46. The Bertz CT molecular complexity index is 586. The molecule has 3 aromatic rings. The fourth-order valence-corrected chi connectivity index (χ4v) is 2.76. The highest BCUT2D eigenvalue weighted by atomic mass is 32.1. The van der Waals surface area contributed by atoms with Gasteiger partial charge in [0.25, 0.3) is 0 Å². The van der Waals surface area contributed by atoms with Gasteiger partial charge < -0.3 is 5.32 Å². The highest BCUT2D eigenvalue weighted by Crippen LogP contribution is 2.22. The maximum atomic E-state index is 4.25. The van der Waals surface area contributed by atoms with Crippen LogP contribution in [0.1, 0.15) is 5.01 Å². The molecule has 0 fully saturated rings. The van der Waals surface area contributed by atoms with Crippen LogP contribution in [0.15, 0.2) is 35.3 Å². The Kier molecular flexibility index (Phi) is 2.55. The molecule has 3 rings (SSSR count). The summed E-state index contributed by atoms with van der Waals surface area (Å²) < 4.78 is 1.21. The smallest absolute Gasteiger partial charge is 0.112 e. The molecule has 0 bridgehead atoms. The van der Waals surface area contributed by atoms with Crippen molar-refractivity contribution >= 4 is 38.6 Å². The van der Waals surface area contributed by atoms with Crippen LogP contribution in [-0.4, -0.2) is 9.97 Å². The van der Waals surface area contributed by atoms with Gasteiger partial charge in [-0.05, 0) is 18.2 Å². The first-order chi connectivity index (χ1) is 7.92. The third kappa shape index (κ3) is 1.91. The molecule has 0 saturated heterocycles. The summed E-state index contributed by atoms with van der Waals surface area (Å²) in [6, 6.07) is 6.21. The van der Waals surface area contributed by atoms with Crippen molar-refractivity contribution in [1.82, 2.24) is 9.97 Å². The summed E-state index contributed by atoms with van der Waals surface area (Å²) in [6.45, 7) is 0.780. The third-order valence-corrected chi connectivity index (χ3v) is 3.83. The molecule has 0 amide bonds. The van der Waals surface area contributed by atoms with Crippen LogP contribution in [0.2, 0.25) is 0 Å². The van der Waals surface area contributed by atoms with E-state index < -0.39 is 0 Å². The average molecular weight is 247 g/mol. The molecule has 5 heteroatoms. The van der Waals surface area contributed by atoms with Crippen molar-refractivity contribution in [3.8, 4) is 0 Å². The second-order valence-corrected chi connectivity index (χ2v) is 5.18. The normalized spacial score (nSPS) is 10.8. The maximum Gasteiger partial charge on any atom is 0.112 e. The summed E-state index contributed by atoms with van der Waals surface area (Å²) in [7, 11) is 0. The molecule has 1 aromatic carbocycles. The molecule has 0 unspecified atom stereocenters. The lowest BCUT2D eigenvalue weighted by Gasteiger charge is -2.03. The number of hydrogen-bond acceptors (Lipinski definition) is 5. The van der Waals surface area contributed by atoms with E-state index in [1.807, 2.05) is 23.2 Å². The number of benzene rings is 1. The lowest BCUT2D eigenvalue weighted by Crippen LogP contribution is -1.98. The molecule has 0 atom stereocenters. The van der Waals surface area contributed by atoms with Crippen LogP contribution in [0.3, 0.4) is 0 Å². The SMILES string of the molecule is c1csc(CNc2ccc3ncsc3c2)n1. The lowest BCUT2D eigenvalue weighted by atomic mass is 10.3. The van der Waals surface area contributed by atoms with Gasteiger partial charge in [-0.2, -0.15) is 0 Å². The molecule has 3 nitrogen and oxygen atoms in total. The molecule has 0 aliphatic carbocycles. The van der Waals surface area contributed by atoms with Gasteiger partial charge in [-0.3, -0.25) is 0 Å². The minimum atomic E-state index is 0.780. The second-order valence-electron chi connectivity index (χ2n) is 3.31. The molecule has 80 valence electrons. The number of nitrogens with zero attached hydrogens (tertiary/aromatic N) is 2. The lowest BCUT2D eigenvalue weighted by molar-refractivity contribution is 1.10. The number of nitrogens with one attached hydrogen (secondary N) is 1. The van der Waals surface area contributed by atoms with E-state index in [0.29, 0.717) is 0 Å². The number of rotatable bonds is 3. The first kappa shape index (κ1) is 9.74. The van der Waals surface area contributed by atoms with Gasteiger partial charge in [0, 0.05) is 17.3 Å². The first-order valence-electron chi connectivity index (χ1n) is 4.87. The van der Waals surface area contributed by atoms with Gasteiger partial charge in [0.15, 0.2) is 0 Å². The zero-order chi connectivity index (χ0) is 10.8. The van der Waals surface area contributed by atoms with E-state index in [-0.39, 0.29) is 0 Å². The zero-order valence-corrected chi connectivity index (χ0v) is 10.0. The van der Waals surface area contributed by atoms with Gasteiger partial charge in [0.05, 0.1) is 22.3 Å². The van der Waals surface area contributed by atoms with Crippen LogP contribution in [0.25, 0.3) is 10.2 Å². The Balaban J connectivity index is 1.78. The summed E-state index contributed by atoms with van der Waals surface area (Å²) in [4.78, 5) is 8.48. The monoisotopic (exact) mass is 247 g/mol. The topological polar surface area (TPSA) is 37.8 Å². The van der Waals surface area contributed by atoms with Crippen LogP contribution in [0, 0.1) is 0 Å². The quantitative estimate of drug-likeness (QED) is 0.771. The Morgan fingerprint density at radius 1 is 1.19 bits per heavy atom. The molecule has 2 aromatic heterocycles. The van der Waals surface area contributed by atoms with E-state index in [2.05, 4.69) is 27.4 Å². The van der Waals surface area contributed by atoms with Crippen LogP contribution >= 0.6 is 22.7 Å². The molecule has 0 aliphatic heterocycles. The number of thiazole rings is 2. The van der Waals surface area contributed by atoms with Gasteiger partial charge in [0.2, 0.25) is 0 Å². The van der Waals surface area contributed by atoms with E-state index in [9.17, 15) is 0 Å². The fourth-order valence-electron chi connectivity index (χ4n) is 1.48. The molecule has 0 saturated carbocycles. The van der Waals surface area contributed by atoms with Crippen LogP contribution in [-0.2, 0) is 6.54 Å². The van der Waals surface area contributed by atoms with Crippen LogP contribution in [0.4, 0.5) is 5.69 Å². The number of hydrogen-bond donors (Lipinski definition) is 1.